The van der Waals surface area contributed by atoms with Gasteiger partial charge in [0.2, 0.25) is 53.4 Å². The molecule has 566 valence electrons. The van der Waals surface area contributed by atoms with Crippen LogP contribution < -0.4 is 57.2 Å². The largest absolute Gasteiger partial charge is 0.508 e. The summed E-state index contributed by atoms with van der Waals surface area (Å²) in [5.41, 5.74) is 3.30. The maximum absolute atomic E-state index is 16.1. The molecule has 2 saturated heterocycles. The molecule has 0 radical (unpaired) electrons. The Labute approximate surface area is 608 Å². The van der Waals surface area contributed by atoms with Gasteiger partial charge in [-0.05, 0) is 130 Å². The molecule has 11 bridgehead atoms. The molecule has 20 N–H and O–H groups in total. The van der Waals surface area contributed by atoms with E-state index in [9.17, 15) is 80.1 Å². The number of carbonyl (C=O) groups is 8. The number of phenolic OH excluding ortho intramolecular Hbond substituents is 3. The molecule has 12 rings (SSSR count). The molecule has 0 aromatic heterocycles. The molecule has 34 nitrogen and oxygen atoms in total. The number of halogens is 2. The van der Waals surface area contributed by atoms with E-state index in [-0.39, 0.29) is 68.6 Å². The van der Waals surface area contributed by atoms with Crippen LogP contribution in [0.25, 0.3) is 11.1 Å². The monoisotopic (exact) mass is 1510 g/mol. The third-order valence-electron chi connectivity index (χ3n) is 18.6. The van der Waals surface area contributed by atoms with Gasteiger partial charge in [-0.15, -0.1) is 0 Å². The first-order chi connectivity index (χ1) is 49.6. The average Bonchev–Trinajstić information content (AvgIpc) is 0.763. The Hall–Kier alpha value is -9.08. The van der Waals surface area contributed by atoms with Gasteiger partial charge in [-0.1, -0.05) is 55.2 Å². The number of nitrogens with zero attached hydrogens (tertiary/aromatic N) is 1. The zero-order valence-corrected chi connectivity index (χ0v) is 58.7. The maximum Gasteiger partial charge on any atom is 0.248 e. The molecule has 5 aromatic rings. The Morgan fingerprint density at radius 3 is 1.81 bits per heavy atom. The molecular weight excluding hydrogens is 1430 g/mol. The number of nitrogens with one attached hydrogen (secondary N) is 7. The highest BCUT2D eigenvalue weighted by Crippen LogP contribution is 2.50. The Morgan fingerprint density at radius 1 is 0.648 bits per heavy atom. The van der Waals surface area contributed by atoms with E-state index in [1.165, 1.54) is 32.2 Å². The van der Waals surface area contributed by atoms with E-state index in [1.807, 2.05) is 13.8 Å². The second kappa shape index (κ2) is 32.3. The molecule has 0 spiro atoms. The molecule has 7 heterocycles. The van der Waals surface area contributed by atoms with Crippen LogP contribution in [-0.2, 0) is 52.6 Å². The fraction of sp³-hybridized carbons (Fsp3) is 0.449. The summed E-state index contributed by atoms with van der Waals surface area (Å²) in [7, 11) is 4.69. The SMILES string of the molecule is CNC[C@H]1O[C@@H](O[C@H]2[C@H](O)[C@@H](O)C(Oc3c4cc5cc3Oc3ccc(cc3Cl)[C@@H](O)[C@@H](NC(=O)[C@@H](CC(C)C)N(C)C)C(=O)N[C@@H](CC(N)=O)C(=O)N[C@H]5C(=O)N[C@H]3C(=O)N[C@H](C(=O)N[C@@H](C(C)=O)c5cc(O)c(C)c(O)c5-c5cc3ccc5O)[C@H](O)c3ccc(c(Cl)c3)O4)O[C@@H]2CO)[C@H](O)[C@@H](O)[C@H]1O. The highest BCUT2D eigenvalue weighted by molar-refractivity contribution is 6.32. The molecule has 7 aliphatic rings. The number of aliphatic hydroxyl groups excluding tert-OH is 8. The molecule has 19 atom stereocenters. The Kier molecular flexibility index (Phi) is 24.2. The van der Waals surface area contributed by atoms with Crippen LogP contribution in [0.2, 0.25) is 10.0 Å². The smallest absolute Gasteiger partial charge is 0.248 e. The molecule has 7 amide bonds. The van der Waals surface area contributed by atoms with Gasteiger partial charge >= 0.3 is 0 Å². The van der Waals surface area contributed by atoms with E-state index < -0.39 is 227 Å². The lowest BCUT2D eigenvalue weighted by atomic mass is 9.87. The number of aliphatic hydroxyl groups is 8. The summed E-state index contributed by atoms with van der Waals surface area (Å²) in [5.74, 6) is -14.5. The predicted octanol–water partition coefficient (Wildman–Crippen LogP) is -0.925. The van der Waals surface area contributed by atoms with Crippen molar-refractivity contribution in [2.24, 2.45) is 11.7 Å². The van der Waals surface area contributed by atoms with Crippen LogP contribution in [0.3, 0.4) is 0 Å². The summed E-state index contributed by atoms with van der Waals surface area (Å²) >= 11 is 14.1. The Bertz CT molecular complexity index is 4190. The number of amides is 7. The van der Waals surface area contributed by atoms with E-state index >= 15 is 14.4 Å². The molecule has 7 aliphatic heterocycles. The topological polar surface area (TPSA) is 528 Å². The number of ketones is 1. The van der Waals surface area contributed by atoms with Crippen molar-refractivity contribution in [1.82, 2.24) is 42.1 Å². The summed E-state index contributed by atoms with van der Waals surface area (Å²) in [6.07, 6.45) is -23.9. The van der Waals surface area contributed by atoms with Crippen molar-refractivity contribution in [2.75, 3.05) is 34.3 Å². The predicted molar refractivity (Wildman–Crippen MR) is 365 cm³/mol. The number of aromatic hydroxyl groups is 3. The van der Waals surface area contributed by atoms with Crippen LogP contribution in [-0.4, -0.2) is 228 Å². The third kappa shape index (κ3) is 16.5. The van der Waals surface area contributed by atoms with Gasteiger partial charge in [0, 0.05) is 23.2 Å². The van der Waals surface area contributed by atoms with Gasteiger partial charge in [-0.25, -0.2) is 0 Å². The zero-order chi connectivity index (χ0) is 76.6. The fourth-order valence-corrected chi connectivity index (χ4v) is 13.3. The molecule has 2 fully saturated rings. The molecule has 1 unspecified atom stereocenters. The summed E-state index contributed by atoms with van der Waals surface area (Å²) < 4.78 is 37.4. The van der Waals surface area contributed by atoms with Gasteiger partial charge in [0.25, 0.3) is 0 Å². The lowest BCUT2D eigenvalue weighted by Gasteiger charge is -2.46. The van der Waals surface area contributed by atoms with Gasteiger partial charge in [-0.3, -0.25) is 43.3 Å². The number of benzene rings is 5. The maximum atomic E-state index is 16.1. The number of primary amides is 1. The van der Waals surface area contributed by atoms with Crippen molar-refractivity contribution >= 4 is 70.3 Å². The van der Waals surface area contributed by atoms with E-state index in [0.717, 1.165) is 61.5 Å². The van der Waals surface area contributed by atoms with Crippen LogP contribution in [0, 0.1) is 12.8 Å². The number of phenols is 3. The number of hydrogen-bond acceptors (Lipinski definition) is 27. The number of Topliss-reactive ketones (excluding diaryl/α,β-unsaturated/α-hetero) is 1. The van der Waals surface area contributed by atoms with Crippen molar-refractivity contribution in [1.29, 1.82) is 0 Å². The number of rotatable bonds is 15. The van der Waals surface area contributed by atoms with Gasteiger partial charge in [0.05, 0.1) is 29.1 Å². The van der Waals surface area contributed by atoms with Crippen molar-refractivity contribution in [3.63, 3.8) is 0 Å². The Morgan fingerprint density at radius 2 is 1.23 bits per heavy atom. The van der Waals surface area contributed by atoms with Gasteiger partial charge in [-0.2, -0.15) is 0 Å². The molecule has 5 aromatic carbocycles. The van der Waals surface area contributed by atoms with E-state index in [1.54, 1.807) is 19.0 Å². The van der Waals surface area contributed by atoms with Crippen molar-refractivity contribution in [2.45, 2.75) is 156 Å². The first-order valence-electron chi connectivity index (χ1n) is 33.0. The van der Waals surface area contributed by atoms with Gasteiger partial charge < -0.3 is 128 Å². The minimum atomic E-state index is -2.35. The molecule has 36 heteroatoms. The van der Waals surface area contributed by atoms with Gasteiger partial charge in [0.15, 0.2) is 23.6 Å². The Balaban J connectivity index is 1.21. The van der Waals surface area contributed by atoms with Crippen LogP contribution in [0.4, 0.5) is 0 Å². The van der Waals surface area contributed by atoms with E-state index in [2.05, 4.69) is 37.2 Å². The summed E-state index contributed by atoms with van der Waals surface area (Å²) in [6.45, 7) is 4.85. The molecule has 0 aliphatic carbocycles. The summed E-state index contributed by atoms with van der Waals surface area (Å²) in [5, 5.41) is 144. The summed E-state index contributed by atoms with van der Waals surface area (Å²) in [6, 6.07) is -0.524. The minimum Gasteiger partial charge on any atom is -0.508 e. The minimum absolute atomic E-state index is 0.0852. The first-order valence-corrected chi connectivity index (χ1v) is 33.8. The van der Waals surface area contributed by atoms with E-state index in [4.69, 9.17) is 57.4 Å². The molecule has 105 heavy (non-hydrogen) atoms. The van der Waals surface area contributed by atoms with Gasteiger partial charge in [0.1, 0.15) is 126 Å². The normalized spacial score (nSPS) is 28.8. The third-order valence-corrected chi connectivity index (χ3v) is 19.2. The fourth-order valence-electron chi connectivity index (χ4n) is 12.9. The number of hydrogen-bond donors (Lipinski definition) is 19. The first kappa shape index (κ1) is 78.5. The molecule has 0 saturated carbocycles. The highest BCUT2D eigenvalue weighted by Gasteiger charge is 2.52. The number of likely N-dealkylation sites (N-methyl/N-ethyl adjacent to an activating group) is 2. The van der Waals surface area contributed by atoms with Crippen molar-refractivity contribution in [3.8, 4) is 57.1 Å². The lowest BCUT2D eigenvalue weighted by Crippen LogP contribution is -2.65. The molecular formula is C69H81Cl2N9O25. The average molecular weight is 1510 g/mol. The van der Waals surface area contributed by atoms with Crippen LogP contribution in [0.1, 0.15) is 97.3 Å². The van der Waals surface area contributed by atoms with Crippen molar-refractivity contribution in [3.05, 3.63) is 116 Å². The second-order valence-corrected chi connectivity index (χ2v) is 27.5. The standard InChI is InChI=1S/C69H81Cl2N9O25/c1-24(2)14-36(80(6)7)63(95)78-50-53(87)28-9-12-39(33(70)16-28)100-41-18-30-19-42(60(41)104-69-59(93)57(91)61(44(23-81)103-69)105-68-58(92)56(90)55(89)43(102-68)22-73-5)101-40-13-10-29(17-34(40)71)54(88)51-67(99)75-47(26(4)82)32-20-38(84)25(3)52(86)46(32)31-15-27(8-11-37(31)83)48(64(96)79-51)77-65(97)49(30)76-62(94)35(21-45(72)85)74-66(50)98/h8-13,15-20,24,35-36,43-44,47-51,53-59,61,68-69,73,81,83-84,86-93H,14,21-23H2,1-7H3,(H2,72,85)(H,74,98)(H,75,99)(H,76,94)(H,77,97)(H,78,95)(H,79,96)/t35-,36+,43+,44+,47-,48+,49+,50+,51-,53+,54+,55-,56-,57+,58+,59+,61+,68-,69?/m0/s1. The van der Waals surface area contributed by atoms with Crippen LogP contribution in [0.15, 0.2) is 72.8 Å². The summed E-state index contributed by atoms with van der Waals surface area (Å²) in [4.78, 5) is 120. The lowest BCUT2D eigenvalue weighted by molar-refractivity contribution is -0.350. The number of fused-ring (bicyclic) bond motifs is 15. The number of nitrogens with two attached hydrogens (primary N) is 1. The zero-order valence-electron chi connectivity index (χ0n) is 57.2. The van der Waals surface area contributed by atoms with E-state index in [0.29, 0.717) is 0 Å². The number of carbonyl (C=O) groups excluding carboxylic acids is 8. The highest BCUT2D eigenvalue weighted by atomic mass is 35.5. The van der Waals surface area contributed by atoms with Crippen molar-refractivity contribution < 1.29 is 123 Å². The van der Waals surface area contributed by atoms with Crippen LogP contribution >= 0.6 is 23.2 Å². The second-order valence-electron chi connectivity index (χ2n) is 26.7. The number of ether oxygens (including phenoxy) is 6. The quantitative estimate of drug-likeness (QED) is 0.0602. The van der Waals surface area contributed by atoms with Crippen LogP contribution in [0.5, 0.6) is 46.0 Å².